The highest BCUT2D eigenvalue weighted by Crippen LogP contribution is 2.24. The molecule has 0 atom stereocenters. The molecule has 3 nitrogen and oxygen atoms in total. The highest BCUT2D eigenvalue weighted by atomic mass is 15.3. The van der Waals surface area contributed by atoms with E-state index in [-0.39, 0.29) is 5.41 Å². The Kier molecular flexibility index (Phi) is 2.49. The van der Waals surface area contributed by atoms with Crippen LogP contribution >= 0.6 is 0 Å². The van der Waals surface area contributed by atoms with E-state index >= 15 is 0 Å². The molecule has 0 radical (unpaired) electrons. The van der Waals surface area contributed by atoms with E-state index in [1.54, 1.807) is 0 Å². The first kappa shape index (κ1) is 11.1. The van der Waals surface area contributed by atoms with Gasteiger partial charge in [-0.25, -0.2) is 0 Å². The average Bonchev–Trinajstić information content (AvgIpc) is 2.58. The Labute approximate surface area is 96.5 Å². The van der Waals surface area contributed by atoms with Crippen molar-refractivity contribution in [1.29, 1.82) is 0 Å². The van der Waals surface area contributed by atoms with Crippen LogP contribution in [0.4, 0.5) is 0 Å². The topological polar surface area (TPSA) is 30.7 Å². The zero-order valence-corrected chi connectivity index (χ0v) is 10.7. The molecule has 2 aromatic heterocycles. The van der Waals surface area contributed by atoms with Crippen molar-refractivity contribution in [3.63, 3.8) is 0 Å². The molecule has 0 aliphatic carbocycles. The third kappa shape index (κ3) is 1.82. The van der Waals surface area contributed by atoms with Crippen LogP contribution in [0.1, 0.15) is 46.4 Å². The second-order valence-electron chi connectivity index (χ2n) is 5.56. The van der Waals surface area contributed by atoms with Crippen LogP contribution < -0.4 is 0 Å². The van der Waals surface area contributed by atoms with E-state index in [0.29, 0.717) is 6.04 Å². The first-order valence-electron chi connectivity index (χ1n) is 5.73. The maximum Gasteiger partial charge on any atom is 0.0719 e. The molecule has 2 aromatic rings. The second kappa shape index (κ2) is 3.58. The Morgan fingerprint density at radius 3 is 2.44 bits per heavy atom. The molecule has 16 heavy (non-hydrogen) atoms. The second-order valence-corrected chi connectivity index (χ2v) is 5.56. The normalized spacial score (nSPS) is 12.6. The number of pyridine rings is 1. The minimum absolute atomic E-state index is 0.0836. The molecule has 0 fully saturated rings. The SMILES string of the molecule is CC(C)n1ncc2cnc(C(C)(C)C)cc21. The van der Waals surface area contributed by atoms with Gasteiger partial charge in [-0.3, -0.25) is 9.67 Å². The molecule has 2 rings (SSSR count). The standard InChI is InChI=1S/C13H19N3/c1-9(2)16-11-6-12(13(3,4)5)14-7-10(11)8-15-16/h6-9H,1-5H3. The Balaban J connectivity index is 2.63. The highest BCUT2D eigenvalue weighted by Gasteiger charge is 2.17. The van der Waals surface area contributed by atoms with Gasteiger partial charge in [-0.2, -0.15) is 5.10 Å². The lowest BCUT2D eigenvalue weighted by molar-refractivity contribution is 0.546. The molecule has 86 valence electrons. The van der Waals surface area contributed by atoms with Crippen molar-refractivity contribution in [2.75, 3.05) is 0 Å². The monoisotopic (exact) mass is 217 g/mol. The molecule has 0 aromatic carbocycles. The summed E-state index contributed by atoms with van der Waals surface area (Å²) >= 11 is 0. The molecule has 0 saturated heterocycles. The summed E-state index contributed by atoms with van der Waals surface area (Å²) in [4.78, 5) is 4.50. The van der Waals surface area contributed by atoms with Crippen LogP contribution in [0.15, 0.2) is 18.5 Å². The van der Waals surface area contributed by atoms with Gasteiger partial charge in [0.2, 0.25) is 0 Å². The van der Waals surface area contributed by atoms with Crippen LogP contribution in [-0.2, 0) is 5.41 Å². The summed E-state index contributed by atoms with van der Waals surface area (Å²) in [5.41, 5.74) is 2.37. The van der Waals surface area contributed by atoms with Gasteiger partial charge >= 0.3 is 0 Å². The summed E-state index contributed by atoms with van der Waals surface area (Å²) < 4.78 is 2.05. The Morgan fingerprint density at radius 1 is 1.19 bits per heavy atom. The van der Waals surface area contributed by atoms with Gasteiger partial charge in [0.15, 0.2) is 0 Å². The lowest BCUT2D eigenvalue weighted by Crippen LogP contribution is -2.13. The molecular formula is C13H19N3. The van der Waals surface area contributed by atoms with E-state index in [2.05, 4.69) is 50.8 Å². The molecule has 0 aliphatic rings. The zero-order valence-electron chi connectivity index (χ0n) is 10.7. The largest absolute Gasteiger partial charge is 0.262 e. The molecule has 0 aliphatic heterocycles. The first-order chi connectivity index (χ1) is 7.39. The third-order valence-electron chi connectivity index (χ3n) is 2.74. The fraction of sp³-hybridized carbons (Fsp3) is 0.538. The van der Waals surface area contributed by atoms with Crippen molar-refractivity contribution in [3.05, 3.63) is 24.2 Å². The molecule has 3 heteroatoms. The van der Waals surface area contributed by atoms with E-state index in [9.17, 15) is 0 Å². The average molecular weight is 217 g/mol. The molecule has 0 unspecified atom stereocenters. The van der Waals surface area contributed by atoms with Crippen molar-refractivity contribution in [3.8, 4) is 0 Å². The Morgan fingerprint density at radius 2 is 1.88 bits per heavy atom. The van der Waals surface area contributed by atoms with E-state index in [1.807, 2.05) is 17.1 Å². The van der Waals surface area contributed by atoms with Crippen LogP contribution in [0.3, 0.4) is 0 Å². The molecule has 0 N–H and O–H groups in total. The lowest BCUT2D eigenvalue weighted by Gasteiger charge is -2.18. The number of aromatic nitrogens is 3. The van der Waals surface area contributed by atoms with Crippen LogP contribution in [0, 0.1) is 0 Å². The van der Waals surface area contributed by atoms with Gasteiger partial charge < -0.3 is 0 Å². The number of fused-ring (bicyclic) bond motifs is 1. The van der Waals surface area contributed by atoms with Crippen LogP contribution in [0.25, 0.3) is 10.9 Å². The van der Waals surface area contributed by atoms with Crippen LogP contribution in [-0.4, -0.2) is 14.8 Å². The maximum absolute atomic E-state index is 4.50. The fourth-order valence-electron chi connectivity index (χ4n) is 1.76. The van der Waals surface area contributed by atoms with Crippen molar-refractivity contribution in [2.24, 2.45) is 0 Å². The third-order valence-corrected chi connectivity index (χ3v) is 2.74. The number of nitrogens with zero attached hydrogens (tertiary/aromatic N) is 3. The van der Waals surface area contributed by atoms with Gasteiger partial charge in [-0.1, -0.05) is 20.8 Å². The fourth-order valence-corrected chi connectivity index (χ4v) is 1.76. The van der Waals surface area contributed by atoms with E-state index in [4.69, 9.17) is 0 Å². The first-order valence-corrected chi connectivity index (χ1v) is 5.73. The van der Waals surface area contributed by atoms with Crippen molar-refractivity contribution in [2.45, 2.75) is 46.1 Å². The van der Waals surface area contributed by atoms with Gasteiger partial charge in [0.25, 0.3) is 0 Å². The summed E-state index contributed by atoms with van der Waals surface area (Å²) in [7, 11) is 0. The quantitative estimate of drug-likeness (QED) is 0.733. The van der Waals surface area contributed by atoms with Gasteiger partial charge in [-0.05, 0) is 19.9 Å². The van der Waals surface area contributed by atoms with Crippen LogP contribution in [0.2, 0.25) is 0 Å². The van der Waals surface area contributed by atoms with Gasteiger partial charge in [0, 0.05) is 28.7 Å². The maximum atomic E-state index is 4.50. The minimum atomic E-state index is 0.0836. The van der Waals surface area contributed by atoms with Crippen LogP contribution in [0.5, 0.6) is 0 Å². The lowest BCUT2D eigenvalue weighted by atomic mass is 9.91. The van der Waals surface area contributed by atoms with Crippen molar-refractivity contribution < 1.29 is 0 Å². The number of rotatable bonds is 1. The van der Waals surface area contributed by atoms with Gasteiger partial charge in [0.05, 0.1) is 11.7 Å². The minimum Gasteiger partial charge on any atom is -0.262 e. The Hall–Kier alpha value is -1.38. The van der Waals surface area contributed by atoms with Gasteiger partial charge in [-0.15, -0.1) is 0 Å². The number of hydrogen-bond acceptors (Lipinski definition) is 2. The zero-order chi connectivity index (χ0) is 11.9. The molecule has 0 spiro atoms. The predicted octanol–water partition coefficient (Wildman–Crippen LogP) is 3.31. The summed E-state index contributed by atoms with van der Waals surface area (Å²) in [5, 5.41) is 5.51. The van der Waals surface area contributed by atoms with E-state index < -0.39 is 0 Å². The summed E-state index contributed by atoms with van der Waals surface area (Å²) in [6.45, 7) is 10.8. The summed E-state index contributed by atoms with van der Waals surface area (Å²) in [6.07, 6.45) is 3.80. The molecule has 0 saturated carbocycles. The predicted molar refractivity (Wildman–Crippen MR) is 66.6 cm³/mol. The molecule has 0 bridgehead atoms. The van der Waals surface area contributed by atoms with E-state index in [1.165, 1.54) is 5.52 Å². The van der Waals surface area contributed by atoms with Gasteiger partial charge in [0.1, 0.15) is 0 Å². The van der Waals surface area contributed by atoms with Crippen molar-refractivity contribution >= 4 is 10.9 Å². The molecule has 0 amide bonds. The summed E-state index contributed by atoms with van der Waals surface area (Å²) in [5.74, 6) is 0. The molecular weight excluding hydrogens is 198 g/mol. The van der Waals surface area contributed by atoms with Crippen molar-refractivity contribution in [1.82, 2.24) is 14.8 Å². The summed E-state index contributed by atoms with van der Waals surface area (Å²) in [6, 6.07) is 2.54. The van der Waals surface area contributed by atoms with E-state index in [0.717, 1.165) is 11.1 Å². The number of hydrogen-bond donors (Lipinski definition) is 0. The highest BCUT2D eigenvalue weighted by molar-refractivity contribution is 5.78. The smallest absolute Gasteiger partial charge is 0.0719 e. The molecule has 2 heterocycles. The Bertz CT molecular complexity index is 503.